The summed E-state index contributed by atoms with van der Waals surface area (Å²) in [5.74, 6) is 0. The first-order valence-electron chi connectivity index (χ1n) is 6.84. The van der Waals surface area contributed by atoms with E-state index in [2.05, 4.69) is 44.4 Å². The van der Waals surface area contributed by atoms with Gasteiger partial charge in [-0.25, -0.2) is 0 Å². The van der Waals surface area contributed by atoms with Gasteiger partial charge >= 0.3 is 0 Å². The number of aliphatic hydroxyl groups excluding tert-OH is 1. The Kier molecular flexibility index (Phi) is 4.15. The summed E-state index contributed by atoms with van der Waals surface area (Å²) in [6.07, 6.45) is 5.09. The predicted molar refractivity (Wildman–Crippen MR) is 82.4 cm³/mol. The summed E-state index contributed by atoms with van der Waals surface area (Å²) in [4.78, 5) is 3.97. The van der Waals surface area contributed by atoms with Gasteiger partial charge in [0.2, 0.25) is 0 Å². The quantitative estimate of drug-likeness (QED) is 0.903. The number of fused-ring (bicyclic) bond motifs is 1. The minimum atomic E-state index is -0.491. The third kappa shape index (κ3) is 2.77. The number of halogens is 1. The largest absolute Gasteiger partial charge is 0.387 e. The summed E-state index contributed by atoms with van der Waals surface area (Å²) >= 11 is 3.61. The fourth-order valence-electron chi connectivity index (χ4n) is 2.78. The van der Waals surface area contributed by atoms with Gasteiger partial charge in [-0.2, -0.15) is 0 Å². The zero-order chi connectivity index (χ0) is 13.9. The lowest BCUT2D eigenvalue weighted by Gasteiger charge is -2.17. The highest BCUT2D eigenvalue weighted by Crippen LogP contribution is 2.35. The maximum Gasteiger partial charge on any atom is 0.0915 e. The van der Waals surface area contributed by atoms with Crippen molar-refractivity contribution in [2.75, 3.05) is 6.54 Å². The molecule has 1 aromatic heterocycles. The molecule has 0 fully saturated rings. The average molecular weight is 333 g/mol. The second-order valence-corrected chi connectivity index (χ2v) is 5.96. The molecule has 0 bridgehead atoms. The molecule has 0 unspecified atom stereocenters. The van der Waals surface area contributed by atoms with Gasteiger partial charge < -0.3 is 10.4 Å². The summed E-state index contributed by atoms with van der Waals surface area (Å²) < 4.78 is 1.19. The smallest absolute Gasteiger partial charge is 0.0915 e. The van der Waals surface area contributed by atoms with Crippen molar-refractivity contribution in [2.24, 2.45) is 0 Å². The van der Waals surface area contributed by atoms with E-state index in [-0.39, 0.29) is 0 Å². The van der Waals surface area contributed by atoms with Crippen molar-refractivity contribution < 1.29 is 5.11 Å². The van der Waals surface area contributed by atoms with Crippen LogP contribution in [0.25, 0.3) is 0 Å². The van der Waals surface area contributed by atoms with E-state index in [0.29, 0.717) is 12.6 Å². The van der Waals surface area contributed by atoms with Gasteiger partial charge in [-0.3, -0.25) is 4.98 Å². The Morgan fingerprint density at radius 3 is 2.90 bits per heavy atom. The van der Waals surface area contributed by atoms with Crippen LogP contribution in [0.4, 0.5) is 0 Å². The van der Waals surface area contributed by atoms with Crippen molar-refractivity contribution in [3.63, 3.8) is 0 Å². The SMILES string of the molecule is O[C@@H](CN[C@@H]1CCc2c(Br)cccc21)c1ccncc1. The summed E-state index contributed by atoms with van der Waals surface area (Å²) in [7, 11) is 0. The average Bonchev–Trinajstić information content (AvgIpc) is 2.90. The van der Waals surface area contributed by atoms with Crippen LogP contribution in [0.2, 0.25) is 0 Å². The van der Waals surface area contributed by atoms with Crippen LogP contribution < -0.4 is 5.32 Å². The second-order valence-electron chi connectivity index (χ2n) is 5.10. The first-order chi connectivity index (χ1) is 9.75. The zero-order valence-electron chi connectivity index (χ0n) is 11.1. The molecule has 2 aromatic rings. The lowest BCUT2D eigenvalue weighted by atomic mass is 10.1. The number of pyridine rings is 1. The molecular formula is C16H17BrN2O. The van der Waals surface area contributed by atoms with E-state index < -0.39 is 6.10 Å². The summed E-state index contributed by atoms with van der Waals surface area (Å²) in [6.45, 7) is 0.556. The molecule has 1 aliphatic carbocycles. The minimum Gasteiger partial charge on any atom is -0.387 e. The molecule has 20 heavy (non-hydrogen) atoms. The van der Waals surface area contributed by atoms with Gasteiger partial charge in [-0.15, -0.1) is 0 Å². The highest BCUT2D eigenvalue weighted by atomic mass is 79.9. The number of nitrogens with zero attached hydrogens (tertiary/aromatic N) is 1. The van der Waals surface area contributed by atoms with Crippen LogP contribution in [0.15, 0.2) is 47.2 Å². The van der Waals surface area contributed by atoms with E-state index >= 15 is 0 Å². The Morgan fingerprint density at radius 2 is 2.10 bits per heavy atom. The van der Waals surface area contributed by atoms with Crippen molar-refractivity contribution >= 4 is 15.9 Å². The first-order valence-corrected chi connectivity index (χ1v) is 7.63. The molecule has 1 aliphatic rings. The van der Waals surface area contributed by atoms with Crippen LogP contribution in [-0.2, 0) is 6.42 Å². The summed E-state index contributed by atoms with van der Waals surface area (Å²) in [5.41, 5.74) is 3.64. The lowest BCUT2D eigenvalue weighted by Crippen LogP contribution is -2.25. The van der Waals surface area contributed by atoms with Crippen molar-refractivity contribution in [1.82, 2.24) is 10.3 Å². The molecule has 0 amide bonds. The maximum atomic E-state index is 10.2. The zero-order valence-corrected chi connectivity index (χ0v) is 12.7. The van der Waals surface area contributed by atoms with Crippen LogP contribution in [0.1, 0.15) is 35.3 Å². The Bertz CT molecular complexity index is 588. The fourth-order valence-corrected chi connectivity index (χ4v) is 3.36. The van der Waals surface area contributed by atoms with E-state index in [0.717, 1.165) is 18.4 Å². The topological polar surface area (TPSA) is 45.1 Å². The molecule has 4 heteroatoms. The monoisotopic (exact) mass is 332 g/mol. The van der Waals surface area contributed by atoms with Gasteiger partial charge in [-0.05, 0) is 47.7 Å². The molecule has 104 valence electrons. The number of hydrogen-bond acceptors (Lipinski definition) is 3. The first kappa shape index (κ1) is 13.7. The molecule has 1 heterocycles. The van der Waals surface area contributed by atoms with Crippen molar-refractivity contribution in [1.29, 1.82) is 0 Å². The molecule has 0 saturated heterocycles. The molecule has 2 N–H and O–H groups in total. The minimum absolute atomic E-state index is 0.332. The van der Waals surface area contributed by atoms with E-state index in [9.17, 15) is 5.11 Å². The molecule has 0 radical (unpaired) electrons. The molecule has 3 nitrogen and oxygen atoms in total. The van der Waals surface area contributed by atoms with Crippen LogP contribution in [0.5, 0.6) is 0 Å². The van der Waals surface area contributed by atoms with E-state index in [1.54, 1.807) is 12.4 Å². The Labute approximate surface area is 127 Å². The molecule has 2 atom stereocenters. The molecule has 0 saturated carbocycles. The van der Waals surface area contributed by atoms with Crippen LogP contribution in [0, 0.1) is 0 Å². The number of hydrogen-bond donors (Lipinski definition) is 2. The van der Waals surface area contributed by atoms with Crippen molar-refractivity contribution in [2.45, 2.75) is 25.0 Å². The fraction of sp³-hybridized carbons (Fsp3) is 0.312. The second kappa shape index (κ2) is 6.04. The standard InChI is InChI=1S/C16H17BrN2O/c17-14-3-1-2-13-12(14)4-5-15(13)19-10-16(20)11-6-8-18-9-7-11/h1-3,6-9,15-16,19-20H,4-5,10H2/t15-,16+/m1/s1. The van der Waals surface area contributed by atoms with Gasteiger partial charge in [0.25, 0.3) is 0 Å². The van der Waals surface area contributed by atoms with Gasteiger partial charge in [0.05, 0.1) is 6.10 Å². The Hall–Kier alpha value is -1.23. The van der Waals surface area contributed by atoms with E-state index in [4.69, 9.17) is 0 Å². The number of nitrogens with one attached hydrogen (secondary N) is 1. The van der Waals surface area contributed by atoms with Crippen LogP contribution in [-0.4, -0.2) is 16.6 Å². The van der Waals surface area contributed by atoms with Crippen molar-refractivity contribution in [3.8, 4) is 0 Å². The number of rotatable bonds is 4. The maximum absolute atomic E-state index is 10.2. The molecule has 3 rings (SSSR count). The normalized spacial score (nSPS) is 18.8. The summed E-state index contributed by atoms with van der Waals surface area (Å²) in [6, 6.07) is 10.4. The van der Waals surface area contributed by atoms with Crippen LogP contribution >= 0.6 is 15.9 Å². The third-order valence-corrected chi connectivity index (χ3v) is 4.60. The third-order valence-electron chi connectivity index (χ3n) is 3.86. The Morgan fingerprint density at radius 1 is 1.30 bits per heavy atom. The number of aromatic nitrogens is 1. The number of benzene rings is 1. The molecular weight excluding hydrogens is 316 g/mol. The Balaban J connectivity index is 1.65. The predicted octanol–water partition coefficient (Wildman–Crippen LogP) is 3.15. The molecule has 1 aromatic carbocycles. The van der Waals surface area contributed by atoms with Crippen LogP contribution in [0.3, 0.4) is 0 Å². The van der Waals surface area contributed by atoms with Gasteiger partial charge in [0.15, 0.2) is 0 Å². The highest BCUT2D eigenvalue weighted by Gasteiger charge is 2.24. The highest BCUT2D eigenvalue weighted by molar-refractivity contribution is 9.10. The summed E-state index contributed by atoms with van der Waals surface area (Å²) in [5, 5.41) is 13.7. The molecule has 0 spiro atoms. The molecule has 0 aliphatic heterocycles. The lowest BCUT2D eigenvalue weighted by molar-refractivity contribution is 0.169. The van der Waals surface area contributed by atoms with E-state index in [1.165, 1.54) is 15.6 Å². The number of aliphatic hydroxyl groups is 1. The van der Waals surface area contributed by atoms with Gasteiger partial charge in [0, 0.05) is 29.5 Å². The van der Waals surface area contributed by atoms with E-state index in [1.807, 2.05) is 12.1 Å². The van der Waals surface area contributed by atoms with Gasteiger partial charge in [-0.1, -0.05) is 28.1 Å². The van der Waals surface area contributed by atoms with Gasteiger partial charge in [0.1, 0.15) is 0 Å². The van der Waals surface area contributed by atoms with Crippen molar-refractivity contribution in [3.05, 3.63) is 63.9 Å².